The van der Waals surface area contributed by atoms with Crippen molar-refractivity contribution in [1.29, 1.82) is 0 Å². The molecule has 1 aromatic rings. The Bertz CT molecular complexity index is 427. The van der Waals surface area contributed by atoms with E-state index in [9.17, 15) is 9.90 Å². The number of rotatable bonds is 3. The minimum atomic E-state index is -1.14. The van der Waals surface area contributed by atoms with Gasteiger partial charge in [-0.05, 0) is 25.0 Å². The summed E-state index contributed by atoms with van der Waals surface area (Å²) in [4.78, 5) is 11.5. The van der Waals surface area contributed by atoms with Gasteiger partial charge in [0.05, 0.1) is 13.2 Å². The van der Waals surface area contributed by atoms with Crippen molar-refractivity contribution in [3.05, 3.63) is 29.3 Å². The highest BCUT2D eigenvalue weighted by Crippen LogP contribution is 2.32. The van der Waals surface area contributed by atoms with Crippen molar-refractivity contribution in [1.82, 2.24) is 0 Å². The van der Waals surface area contributed by atoms with E-state index >= 15 is 0 Å². The highest BCUT2D eigenvalue weighted by Gasteiger charge is 2.43. The van der Waals surface area contributed by atoms with Crippen molar-refractivity contribution in [3.8, 4) is 5.75 Å². The molecule has 2 rings (SSSR count). The lowest BCUT2D eigenvalue weighted by atomic mass is 9.93. The van der Waals surface area contributed by atoms with Crippen molar-refractivity contribution in [3.63, 3.8) is 0 Å². The Morgan fingerprint density at radius 1 is 1.28 bits per heavy atom. The highest BCUT2D eigenvalue weighted by atomic mass is 16.5. The SMILES string of the molecule is Cc1cccc(C)c1OC1(C(=O)O)CCOCC1. The van der Waals surface area contributed by atoms with Crippen LogP contribution in [0.5, 0.6) is 5.75 Å². The summed E-state index contributed by atoms with van der Waals surface area (Å²) < 4.78 is 11.1. The van der Waals surface area contributed by atoms with Gasteiger partial charge in [-0.2, -0.15) is 0 Å². The number of ether oxygens (including phenoxy) is 2. The maximum absolute atomic E-state index is 11.5. The third-order valence-electron chi connectivity index (χ3n) is 3.40. The number of carbonyl (C=O) groups is 1. The van der Waals surface area contributed by atoms with Gasteiger partial charge in [0, 0.05) is 12.8 Å². The molecule has 1 saturated heterocycles. The second-order valence-electron chi connectivity index (χ2n) is 4.73. The molecular formula is C14H18O4. The Morgan fingerprint density at radius 2 is 1.83 bits per heavy atom. The lowest BCUT2D eigenvalue weighted by Gasteiger charge is -2.34. The second kappa shape index (κ2) is 4.98. The smallest absolute Gasteiger partial charge is 0.348 e. The summed E-state index contributed by atoms with van der Waals surface area (Å²) in [5, 5.41) is 9.45. The first kappa shape index (κ1) is 12.9. The zero-order chi connectivity index (χ0) is 13.2. The molecular weight excluding hydrogens is 232 g/mol. The standard InChI is InChI=1S/C14H18O4/c1-10-4-3-5-11(2)12(10)18-14(13(15)16)6-8-17-9-7-14/h3-5H,6-9H2,1-2H3,(H,15,16). The predicted octanol–water partition coefficient (Wildman–Crippen LogP) is 2.32. The maximum Gasteiger partial charge on any atom is 0.348 e. The molecule has 0 bridgehead atoms. The summed E-state index contributed by atoms with van der Waals surface area (Å²) in [6.07, 6.45) is 0.770. The fourth-order valence-corrected chi connectivity index (χ4v) is 2.22. The van der Waals surface area contributed by atoms with Crippen molar-refractivity contribution in [2.24, 2.45) is 0 Å². The van der Waals surface area contributed by atoms with E-state index in [0.717, 1.165) is 11.1 Å². The number of benzene rings is 1. The summed E-state index contributed by atoms with van der Waals surface area (Å²) in [5.74, 6) is -0.227. The molecule has 1 aromatic carbocycles. The van der Waals surface area contributed by atoms with Crippen LogP contribution in [0.3, 0.4) is 0 Å². The van der Waals surface area contributed by atoms with Crippen molar-refractivity contribution in [2.75, 3.05) is 13.2 Å². The largest absolute Gasteiger partial charge is 0.478 e. The first-order valence-electron chi connectivity index (χ1n) is 6.11. The Kier molecular flexibility index (Phi) is 3.57. The molecule has 0 radical (unpaired) electrons. The van der Waals surface area contributed by atoms with E-state index in [-0.39, 0.29) is 0 Å². The van der Waals surface area contributed by atoms with E-state index in [1.54, 1.807) is 0 Å². The third-order valence-corrected chi connectivity index (χ3v) is 3.40. The molecule has 1 heterocycles. The third kappa shape index (κ3) is 2.34. The molecule has 18 heavy (non-hydrogen) atoms. The van der Waals surface area contributed by atoms with Gasteiger partial charge in [-0.25, -0.2) is 4.79 Å². The van der Waals surface area contributed by atoms with Crippen molar-refractivity contribution < 1.29 is 19.4 Å². The zero-order valence-electron chi connectivity index (χ0n) is 10.7. The molecule has 0 saturated carbocycles. The number of aliphatic carboxylic acids is 1. The normalized spacial score (nSPS) is 18.3. The Morgan fingerprint density at radius 3 is 2.33 bits per heavy atom. The Labute approximate surface area is 107 Å². The van der Waals surface area contributed by atoms with Crippen LogP contribution in [0, 0.1) is 13.8 Å². The van der Waals surface area contributed by atoms with Gasteiger partial charge in [-0.15, -0.1) is 0 Å². The molecule has 4 nitrogen and oxygen atoms in total. The van der Waals surface area contributed by atoms with E-state index in [1.165, 1.54) is 0 Å². The van der Waals surface area contributed by atoms with Crippen LogP contribution in [0.2, 0.25) is 0 Å². The molecule has 0 aromatic heterocycles. The van der Waals surface area contributed by atoms with Gasteiger partial charge < -0.3 is 14.6 Å². The van der Waals surface area contributed by atoms with E-state index in [4.69, 9.17) is 9.47 Å². The fraction of sp³-hybridized carbons (Fsp3) is 0.500. The van der Waals surface area contributed by atoms with Crippen LogP contribution in [-0.2, 0) is 9.53 Å². The van der Waals surface area contributed by atoms with Crippen LogP contribution in [0.25, 0.3) is 0 Å². The summed E-state index contributed by atoms with van der Waals surface area (Å²) >= 11 is 0. The summed E-state index contributed by atoms with van der Waals surface area (Å²) in [5.41, 5.74) is 0.777. The topological polar surface area (TPSA) is 55.8 Å². The molecule has 0 amide bonds. The maximum atomic E-state index is 11.5. The lowest BCUT2D eigenvalue weighted by molar-refractivity contribution is -0.163. The lowest BCUT2D eigenvalue weighted by Crippen LogP contribution is -2.49. The Balaban J connectivity index is 2.32. The number of carboxylic acid groups (broad SMARTS) is 1. The van der Waals surface area contributed by atoms with Crippen LogP contribution in [0.1, 0.15) is 24.0 Å². The van der Waals surface area contributed by atoms with Crippen LogP contribution >= 0.6 is 0 Å². The van der Waals surface area contributed by atoms with Gasteiger partial charge in [0.15, 0.2) is 0 Å². The minimum absolute atomic E-state index is 0.385. The number of para-hydroxylation sites is 1. The molecule has 0 spiro atoms. The summed E-state index contributed by atoms with van der Waals surface area (Å²) in [6.45, 7) is 4.71. The van der Waals surface area contributed by atoms with E-state index < -0.39 is 11.6 Å². The summed E-state index contributed by atoms with van der Waals surface area (Å²) in [6, 6.07) is 5.80. The molecule has 0 aliphatic carbocycles. The molecule has 1 aliphatic heterocycles. The fourth-order valence-electron chi connectivity index (χ4n) is 2.22. The average Bonchev–Trinajstić information content (AvgIpc) is 2.35. The molecule has 1 N–H and O–H groups in total. The minimum Gasteiger partial charge on any atom is -0.478 e. The van der Waals surface area contributed by atoms with Crippen molar-refractivity contribution in [2.45, 2.75) is 32.3 Å². The average molecular weight is 250 g/mol. The van der Waals surface area contributed by atoms with Gasteiger partial charge in [-0.3, -0.25) is 0 Å². The number of hydrogen-bond donors (Lipinski definition) is 1. The monoisotopic (exact) mass is 250 g/mol. The molecule has 98 valence electrons. The number of carboxylic acids is 1. The van der Waals surface area contributed by atoms with Gasteiger partial charge in [0.25, 0.3) is 0 Å². The van der Waals surface area contributed by atoms with Crippen LogP contribution in [-0.4, -0.2) is 29.9 Å². The first-order chi connectivity index (χ1) is 8.55. The molecule has 4 heteroatoms. The van der Waals surface area contributed by atoms with Gasteiger partial charge in [0.2, 0.25) is 5.60 Å². The van der Waals surface area contributed by atoms with Gasteiger partial charge >= 0.3 is 5.97 Å². The predicted molar refractivity (Wildman–Crippen MR) is 67.0 cm³/mol. The molecule has 1 aliphatic rings. The Hall–Kier alpha value is -1.55. The quantitative estimate of drug-likeness (QED) is 0.894. The first-order valence-corrected chi connectivity index (χ1v) is 6.11. The van der Waals surface area contributed by atoms with Crippen molar-refractivity contribution >= 4 is 5.97 Å². The van der Waals surface area contributed by atoms with E-state index in [2.05, 4.69) is 0 Å². The van der Waals surface area contributed by atoms with Gasteiger partial charge in [0.1, 0.15) is 5.75 Å². The van der Waals surface area contributed by atoms with E-state index in [0.29, 0.717) is 31.8 Å². The van der Waals surface area contributed by atoms with Crippen LogP contribution in [0.15, 0.2) is 18.2 Å². The number of hydrogen-bond acceptors (Lipinski definition) is 3. The molecule has 0 unspecified atom stereocenters. The van der Waals surface area contributed by atoms with Gasteiger partial charge in [-0.1, -0.05) is 18.2 Å². The molecule has 1 fully saturated rings. The second-order valence-corrected chi connectivity index (χ2v) is 4.73. The highest BCUT2D eigenvalue weighted by molar-refractivity contribution is 5.78. The molecule has 0 atom stereocenters. The van der Waals surface area contributed by atoms with E-state index in [1.807, 2.05) is 32.0 Å². The van der Waals surface area contributed by atoms with Crippen LogP contribution < -0.4 is 4.74 Å². The van der Waals surface area contributed by atoms with Crippen LogP contribution in [0.4, 0.5) is 0 Å². The summed E-state index contributed by atoms with van der Waals surface area (Å²) in [7, 11) is 0. The number of aryl methyl sites for hydroxylation is 2. The zero-order valence-corrected chi connectivity index (χ0v) is 10.7.